The summed E-state index contributed by atoms with van der Waals surface area (Å²) in [5.74, 6) is 1.65. The predicted octanol–water partition coefficient (Wildman–Crippen LogP) is 8.85. The van der Waals surface area contributed by atoms with Crippen molar-refractivity contribution in [2.45, 2.75) is 89.9 Å². The van der Waals surface area contributed by atoms with Crippen LogP contribution in [0.25, 0.3) is 22.3 Å². The molecule has 3 aromatic rings. The maximum Gasteiger partial charge on any atom is 0.123 e. The first-order chi connectivity index (χ1) is 16.9. The number of phenols is 3. The Morgan fingerprint density at radius 2 is 0.971 bits per heavy atom. The van der Waals surface area contributed by atoms with E-state index in [1.807, 2.05) is 18.2 Å². The molecular formula is C32H38O3. The van der Waals surface area contributed by atoms with E-state index in [0.717, 1.165) is 33.4 Å². The minimum atomic E-state index is 0.155. The van der Waals surface area contributed by atoms with Crippen molar-refractivity contribution in [2.75, 3.05) is 0 Å². The van der Waals surface area contributed by atoms with Gasteiger partial charge in [0.05, 0.1) is 0 Å². The molecular weight excluding hydrogens is 432 g/mol. The Labute approximate surface area is 209 Å². The van der Waals surface area contributed by atoms with Gasteiger partial charge >= 0.3 is 0 Å². The van der Waals surface area contributed by atoms with E-state index in [0.29, 0.717) is 11.8 Å². The number of hydrogen-bond acceptors (Lipinski definition) is 3. The van der Waals surface area contributed by atoms with E-state index < -0.39 is 0 Å². The molecule has 0 heterocycles. The summed E-state index contributed by atoms with van der Waals surface area (Å²) < 4.78 is 0. The highest BCUT2D eigenvalue weighted by atomic mass is 16.3. The fourth-order valence-corrected chi connectivity index (χ4v) is 6.55. The van der Waals surface area contributed by atoms with E-state index in [-0.39, 0.29) is 17.2 Å². The van der Waals surface area contributed by atoms with Crippen LogP contribution in [0.5, 0.6) is 17.2 Å². The van der Waals surface area contributed by atoms with Crippen LogP contribution in [-0.2, 0) is 0 Å². The van der Waals surface area contributed by atoms with Gasteiger partial charge in [0.25, 0.3) is 0 Å². The van der Waals surface area contributed by atoms with Crippen LogP contribution in [0.15, 0.2) is 42.5 Å². The first kappa shape index (κ1) is 23.8. The molecule has 5 rings (SSSR count). The number of aryl methyl sites for hydroxylation is 2. The average Bonchev–Trinajstić information content (AvgIpc) is 2.86. The molecule has 2 saturated carbocycles. The number of aromatic hydroxyl groups is 3. The largest absolute Gasteiger partial charge is 0.508 e. The Morgan fingerprint density at radius 1 is 0.514 bits per heavy atom. The van der Waals surface area contributed by atoms with Crippen LogP contribution in [0.2, 0.25) is 0 Å². The quantitative estimate of drug-likeness (QED) is 0.357. The first-order valence-electron chi connectivity index (χ1n) is 13.4. The zero-order chi connectivity index (χ0) is 24.5. The highest BCUT2D eigenvalue weighted by Crippen LogP contribution is 2.46. The third-order valence-electron chi connectivity index (χ3n) is 8.44. The van der Waals surface area contributed by atoms with Gasteiger partial charge in [0.15, 0.2) is 0 Å². The smallest absolute Gasteiger partial charge is 0.123 e. The molecule has 2 aliphatic carbocycles. The molecule has 0 aromatic heterocycles. The van der Waals surface area contributed by atoms with Gasteiger partial charge in [0.1, 0.15) is 17.2 Å². The summed E-state index contributed by atoms with van der Waals surface area (Å²) in [6.45, 7) is 4.17. The van der Waals surface area contributed by atoms with Gasteiger partial charge in [-0.15, -0.1) is 0 Å². The molecule has 0 atom stereocenters. The Bertz CT molecular complexity index is 1210. The molecule has 3 heteroatoms. The van der Waals surface area contributed by atoms with E-state index in [1.165, 1.54) is 75.3 Å². The monoisotopic (exact) mass is 470 g/mol. The van der Waals surface area contributed by atoms with Crippen molar-refractivity contribution in [1.29, 1.82) is 0 Å². The zero-order valence-corrected chi connectivity index (χ0v) is 21.1. The highest BCUT2D eigenvalue weighted by molar-refractivity contribution is 5.89. The van der Waals surface area contributed by atoms with E-state index in [1.54, 1.807) is 12.1 Å². The number of rotatable bonds is 4. The summed E-state index contributed by atoms with van der Waals surface area (Å²) in [6, 6.07) is 13.3. The Morgan fingerprint density at radius 3 is 1.46 bits per heavy atom. The fourth-order valence-electron chi connectivity index (χ4n) is 6.55. The molecule has 0 radical (unpaired) electrons. The molecule has 0 spiro atoms. The molecule has 0 aliphatic heterocycles. The molecule has 35 heavy (non-hydrogen) atoms. The summed E-state index contributed by atoms with van der Waals surface area (Å²) in [5, 5.41) is 32.5. The van der Waals surface area contributed by atoms with Gasteiger partial charge in [0, 0.05) is 11.1 Å². The van der Waals surface area contributed by atoms with Crippen LogP contribution in [0.1, 0.15) is 98.3 Å². The van der Waals surface area contributed by atoms with Crippen molar-refractivity contribution in [3.63, 3.8) is 0 Å². The molecule has 0 amide bonds. The molecule has 184 valence electrons. The van der Waals surface area contributed by atoms with Crippen LogP contribution in [0.3, 0.4) is 0 Å². The Hall–Kier alpha value is -2.94. The van der Waals surface area contributed by atoms with Crippen molar-refractivity contribution in [1.82, 2.24) is 0 Å². The lowest BCUT2D eigenvalue weighted by atomic mass is 9.79. The maximum absolute atomic E-state index is 11.1. The van der Waals surface area contributed by atoms with Gasteiger partial charge in [-0.3, -0.25) is 0 Å². The van der Waals surface area contributed by atoms with Gasteiger partial charge in [-0.25, -0.2) is 0 Å². The minimum Gasteiger partial charge on any atom is -0.508 e. The van der Waals surface area contributed by atoms with Crippen LogP contribution in [0.4, 0.5) is 0 Å². The van der Waals surface area contributed by atoms with Gasteiger partial charge in [0.2, 0.25) is 0 Å². The average molecular weight is 471 g/mol. The van der Waals surface area contributed by atoms with E-state index in [2.05, 4.69) is 26.0 Å². The van der Waals surface area contributed by atoms with Crippen molar-refractivity contribution in [3.05, 3.63) is 64.7 Å². The lowest BCUT2D eigenvalue weighted by Gasteiger charge is -2.26. The first-order valence-corrected chi connectivity index (χ1v) is 13.4. The normalized spacial score (nSPS) is 17.5. The summed E-state index contributed by atoms with van der Waals surface area (Å²) in [7, 11) is 0. The van der Waals surface area contributed by atoms with Crippen molar-refractivity contribution in [2.24, 2.45) is 0 Å². The second-order valence-corrected chi connectivity index (χ2v) is 10.9. The molecule has 0 bridgehead atoms. The van der Waals surface area contributed by atoms with Gasteiger partial charge in [-0.05, 0) is 127 Å². The topological polar surface area (TPSA) is 60.7 Å². The van der Waals surface area contributed by atoms with E-state index >= 15 is 0 Å². The van der Waals surface area contributed by atoms with Crippen LogP contribution < -0.4 is 0 Å². The van der Waals surface area contributed by atoms with E-state index in [4.69, 9.17) is 0 Å². The third kappa shape index (κ3) is 4.78. The predicted molar refractivity (Wildman–Crippen MR) is 143 cm³/mol. The second kappa shape index (κ2) is 9.97. The second-order valence-electron chi connectivity index (χ2n) is 10.9. The van der Waals surface area contributed by atoms with E-state index in [9.17, 15) is 15.3 Å². The van der Waals surface area contributed by atoms with Crippen molar-refractivity contribution >= 4 is 0 Å². The molecule has 3 nitrogen and oxygen atoms in total. The fraction of sp³-hybridized carbons (Fsp3) is 0.438. The van der Waals surface area contributed by atoms with Crippen LogP contribution >= 0.6 is 0 Å². The van der Waals surface area contributed by atoms with Crippen LogP contribution in [0, 0.1) is 13.8 Å². The summed E-state index contributed by atoms with van der Waals surface area (Å²) in [4.78, 5) is 0. The van der Waals surface area contributed by atoms with Gasteiger partial charge in [-0.2, -0.15) is 0 Å². The zero-order valence-electron chi connectivity index (χ0n) is 21.1. The number of benzene rings is 3. The van der Waals surface area contributed by atoms with Gasteiger partial charge in [-0.1, -0.05) is 38.5 Å². The molecule has 0 unspecified atom stereocenters. The lowest BCUT2D eigenvalue weighted by Crippen LogP contribution is -2.07. The standard InChI is InChI=1S/C32H38O3/c1-20-15-31(34)29(18-26(20)22-9-5-3-6-10-22)25-14-13-24(33)17-28(25)30-19-27(21(2)16-32(30)35)23-11-7-4-8-12-23/h13-19,22-23,33-35H,3-12H2,1-2H3. The molecule has 2 fully saturated rings. The van der Waals surface area contributed by atoms with Crippen molar-refractivity contribution < 1.29 is 15.3 Å². The molecule has 0 saturated heterocycles. The van der Waals surface area contributed by atoms with Gasteiger partial charge < -0.3 is 15.3 Å². The summed E-state index contributed by atoms with van der Waals surface area (Å²) >= 11 is 0. The number of hydrogen-bond donors (Lipinski definition) is 3. The molecule has 3 aromatic carbocycles. The Kier molecular flexibility index (Phi) is 6.77. The molecule has 3 N–H and O–H groups in total. The highest BCUT2D eigenvalue weighted by Gasteiger charge is 2.23. The molecule has 2 aliphatic rings. The summed E-state index contributed by atoms with van der Waals surface area (Å²) in [5.41, 5.74) is 7.95. The minimum absolute atomic E-state index is 0.155. The third-order valence-corrected chi connectivity index (χ3v) is 8.44. The number of phenolic OH excluding ortho intramolecular Hbond substituents is 3. The SMILES string of the molecule is Cc1cc(O)c(-c2ccc(O)cc2-c2cc(C3CCCCC3)c(C)cc2O)cc1C1CCCCC1. The van der Waals surface area contributed by atoms with Crippen LogP contribution in [-0.4, -0.2) is 15.3 Å². The lowest BCUT2D eigenvalue weighted by molar-refractivity contribution is 0.440. The Balaban J connectivity index is 1.65. The summed E-state index contributed by atoms with van der Waals surface area (Å²) in [6.07, 6.45) is 12.4. The van der Waals surface area contributed by atoms with Crippen molar-refractivity contribution in [3.8, 4) is 39.5 Å². The maximum atomic E-state index is 11.1.